The predicted molar refractivity (Wildman–Crippen MR) is 62.0 cm³/mol. The number of hydrogen-bond acceptors (Lipinski definition) is 5. The average molecular weight is 218 g/mol. The summed E-state index contributed by atoms with van der Waals surface area (Å²) >= 11 is 0. The zero-order chi connectivity index (χ0) is 11.5. The van der Waals surface area contributed by atoms with Gasteiger partial charge in [0.2, 0.25) is 5.95 Å². The Bertz CT molecular complexity index is 472. The fraction of sp³-hybridized carbons (Fsp3) is 0.273. The van der Waals surface area contributed by atoms with Crippen LogP contribution in [0, 0.1) is 13.8 Å². The van der Waals surface area contributed by atoms with Crippen molar-refractivity contribution < 1.29 is 4.42 Å². The molecule has 0 radical (unpaired) electrons. The maximum absolute atomic E-state index is 5.55. The van der Waals surface area contributed by atoms with Gasteiger partial charge in [0, 0.05) is 11.8 Å². The molecule has 5 nitrogen and oxygen atoms in total. The number of nitrogens with one attached hydrogen (secondary N) is 1. The third-order valence-corrected chi connectivity index (χ3v) is 2.11. The molecule has 5 heteroatoms. The van der Waals surface area contributed by atoms with Gasteiger partial charge in [-0.2, -0.15) is 4.98 Å². The Morgan fingerprint density at radius 1 is 1.31 bits per heavy atom. The summed E-state index contributed by atoms with van der Waals surface area (Å²) in [6, 6.07) is 5.70. The van der Waals surface area contributed by atoms with Gasteiger partial charge in [0.15, 0.2) is 0 Å². The van der Waals surface area contributed by atoms with Gasteiger partial charge in [-0.05, 0) is 26.0 Å². The fourth-order valence-corrected chi connectivity index (χ4v) is 1.44. The molecule has 2 rings (SSSR count). The van der Waals surface area contributed by atoms with Crippen molar-refractivity contribution in [3.8, 4) is 0 Å². The van der Waals surface area contributed by atoms with E-state index in [1.165, 1.54) is 0 Å². The summed E-state index contributed by atoms with van der Waals surface area (Å²) in [7, 11) is 0. The van der Waals surface area contributed by atoms with Crippen molar-refractivity contribution in [3.05, 3.63) is 35.4 Å². The number of nitrogens with zero attached hydrogens (tertiary/aromatic N) is 2. The smallest absolute Gasteiger partial charge is 0.222 e. The molecule has 0 aliphatic carbocycles. The van der Waals surface area contributed by atoms with Gasteiger partial charge in [-0.25, -0.2) is 4.98 Å². The number of furan rings is 1. The number of hydrogen-bond donors (Lipinski definition) is 2. The molecular weight excluding hydrogens is 204 g/mol. The normalized spacial score (nSPS) is 10.4. The Kier molecular flexibility index (Phi) is 2.76. The Labute approximate surface area is 93.7 Å². The van der Waals surface area contributed by atoms with E-state index in [9.17, 15) is 0 Å². The van der Waals surface area contributed by atoms with Gasteiger partial charge in [-0.15, -0.1) is 0 Å². The summed E-state index contributed by atoms with van der Waals surface area (Å²) in [5, 5.41) is 3.13. The van der Waals surface area contributed by atoms with Crippen LogP contribution >= 0.6 is 0 Å². The van der Waals surface area contributed by atoms with Gasteiger partial charge in [0.1, 0.15) is 17.3 Å². The number of rotatable bonds is 3. The maximum Gasteiger partial charge on any atom is 0.222 e. The highest BCUT2D eigenvalue weighted by Gasteiger charge is 2.01. The van der Waals surface area contributed by atoms with Gasteiger partial charge in [0.05, 0.1) is 6.54 Å². The topological polar surface area (TPSA) is 77.0 Å². The predicted octanol–water partition coefficient (Wildman–Crippen LogP) is 1.88. The largest absolute Gasteiger partial charge is 0.465 e. The monoisotopic (exact) mass is 218 g/mol. The summed E-state index contributed by atoms with van der Waals surface area (Å²) in [6.45, 7) is 4.38. The lowest BCUT2D eigenvalue weighted by Gasteiger charge is -2.04. The quantitative estimate of drug-likeness (QED) is 0.822. The first kappa shape index (κ1) is 10.5. The second-order valence-corrected chi connectivity index (χ2v) is 3.62. The van der Waals surface area contributed by atoms with Crippen LogP contribution in [-0.2, 0) is 6.54 Å². The van der Waals surface area contributed by atoms with Crippen LogP contribution in [0.3, 0.4) is 0 Å². The average Bonchev–Trinajstić information content (AvgIpc) is 2.60. The minimum atomic E-state index is 0.276. The molecule has 0 spiro atoms. The van der Waals surface area contributed by atoms with E-state index in [1.807, 2.05) is 32.0 Å². The first-order chi connectivity index (χ1) is 7.63. The standard InChI is InChI=1S/C11H14N4O/c1-7-5-10(15-11(12)14-7)13-6-9-4-3-8(2)16-9/h3-5H,6H2,1-2H3,(H3,12,13,14,15). The highest BCUT2D eigenvalue weighted by Crippen LogP contribution is 2.11. The van der Waals surface area contributed by atoms with Crippen molar-refractivity contribution in [3.63, 3.8) is 0 Å². The summed E-state index contributed by atoms with van der Waals surface area (Å²) < 4.78 is 5.43. The summed E-state index contributed by atoms with van der Waals surface area (Å²) in [6.07, 6.45) is 0. The van der Waals surface area contributed by atoms with E-state index in [2.05, 4.69) is 15.3 Å². The summed E-state index contributed by atoms with van der Waals surface area (Å²) in [4.78, 5) is 8.07. The van der Waals surface area contributed by atoms with E-state index >= 15 is 0 Å². The van der Waals surface area contributed by atoms with Gasteiger partial charge < -0.3 is 15.5 Å². The molecular formula is C11H14N4O. The Balaban J connectivity index is 2.04. The maximum atomic E-state index is 5.55. The first-order valence-corrected chi connectivity index (χ1v) is 5.04. The van der Waals surface area contributed by atoms with E-state index < -0.39 is 0 Å². The number of nitrogen functional groups attached to an aromatic ring is 1. The molecule has 2 aromatic rings. The highest BCUT2D eigenvalue weighted by molar-refractivity contribution is 5.40. The van der Waals surface area contributed by atoms with E-state index in [4.69, 9.17) is 10.2 Å². The second-order valence-electron chi connectivity index (χ2n) is 3.62. The molecule has 2 heterocycles. The van der Waals surface area contributed by atoms with Crippen LogP contribution in [0.4, 0.5) is 11.8 Å². The lowest BCUT2D eigenvalue weighted by Crippen LogP contribution is -2.04. The van der Waals surface area contributed by atoms with E-state index in [0.717, 1.165) is 17.2 Å². The zero-order valence-corrected chi connectivity index (χ0v) is 9.32. The van der Waals surface area contributed by atoms with Gasteiger partial charge in [-0.3, -0.25) is 0 Å². The Hall–Kier alpha value is -2.04. The van der Waals surface area contributed by atoms with Crippen molar-refractivity contribution in [2.75, 3.05) is 11.1 Å². The second kappa shape index (κ2) is 4.22. The number of aryl methyl sites for hydroxylation is 2. The molecule has 2 aromatic heterocycles. The molecule has 0 saturated carbocycles. The van der Waals surface area contributed by atoms with Gasteiger partial charge in [-0.1, -0.05) is 0 Å². The van der Waals surface area contributed by atoms with Crippen molar-refractivity contribution in [2.45, 2.75) is 20.4 Å². The van der Waals surface area contributed by atoms with E-state index in [-0.39, 0.29) is 5.95 Å². The van der Waals surface area contributed by atoms with Crippen LogP contribution in [0.25, 0.3) is 0 Å². The van der Waals surface area contributed by atoms with Crippen LogP contribution in [-0.4, -0.2) is 9.97 Å². The molecule has 0 saturated heterocycles. The lowest BCUT2D eigenvalue weighted by molar-refractivity contribution is 0.490. The zero-order valence-electron chi connectivity index (χ0n) is 9.32. The summed E-state index contributed by atoms with van der Waals surface area (Å²) in [5.41, 5.74) is 6.39. The molecule has 0 unspecified atom stereocenters. The Morgan fingerprint density at radius 3 is 2.75 bits per heavy atom. The SMILES string of the molecule is Cc1cc(NCc2ccc(C)o2)nc(N)n1. The van der Waals surface area contributed by atoms with E-state index in [0.29, 0.717) is 12.4 Å². The van der Waals surface area contributed by atoms with Crippen LogP contribution in [0.1, 0.15) is 17.2 Å². The van der Waals surface area contributed by atoms with Crippen molar-refractivity contribution in [1.29, 1.82) is 0 Å². The lowest BCUT2D eigenvalue weighted by atomic mass is 10.4. The molecule has 0 aliphatic rings. The summed E-state index contributed by atoms with van der Waals surface area (Å²) in [5.74, 6) is 2.75. The molecule has 0 fully saturated rings. The van der Waals surface area contributed by atoms with Crippen molar-refractivity contribution >= 4 is 11.8 Å². The molecule has 0 aromatic carbocycles. The number of aromatic nitrogens is 2. The van der Waals surface area contributed by atoms with Gasteiger partial charge >= 0.3 is 0 Å². The molecule has 84 valence electrons. The number of nitrogens with two attached hydrogens (primary N) is 1. The molecule has 3 N–H and O–H groups in total. The minimum absolute atomic E-state index is 0.276. The first-order valence-electron chi connectivity index (χ1n) is 5.04. The molecule has 0 aliphatic heterocycles. The molecule has 0 amide bonds. The third kappa shape index (κ3) is 2.50. The van der Waals surface area contributed by atoms with Crippen LogP contribution in [0.5, 0.6) is 0 Å². The minimum Gasteiger partial charge on any atom is -0.465 e. The van der Waals surface area contributed by atoms with Crippen molar-refractivity contribution in [2.24, 2.45) is 0 Å². The molecule has 16 heavy (non-hydrogen) atoms. The van der Waals surface area contributed by atoms with Crippen LogP contribution < -0.4 is 11.1 Å². The molecule has 0 bridgehead atoms. The van der Waals surface area contributed by atoms with Crippen molar-refractivity contribution in [1.82, 2.24) is 9.97 Å². The molecule has 0 atom stereocenters. The van der Waals surface area contributed by atoms with Gasteiger partial charge in [0.25, 0.3) is 0 Å². The van der Waals surface area contributed by atoms with Crippen LogP contribution in [0.2, 0.25) is 0 Å². The third-order valence-electron chi connectivity index (χ3n) is 2.11. The van der Waals surface area contributed by atoms with E-state index in [1.54, 1.807) is 0 Å². The number of anilines is 2. The Morgan fingerprint density at radius 2 is 2.12 bits per heavy atom. The fourth-order valence-electron chi connectivity index (χ4n) is 1.44. The van der Waals surface area contributed by atoms with Crippen LogP contribution in [0.15, 0.2) is 22.6 Å². The highest BCUT2D eigenvalue weighted by atomic mass is 16.3.